The predicted octanol–water partition coefficient (Wildman–Crippen LogP) is 4.08. The number of nitrogens with one attached hydrogen (secondary N) is 2. The molecule has 0 aromatic heterocycles. The van der Waals surface area contributed by atoms with Crippen molar-refractivity contribution in [2.24, 2.45) is 0 Å². The van der Waals surface area contributed by atoms with Crippen molar-refractivity contribution in [2.75, 3.05) is 33.1 Å². The molecule has 25 heavy (non-hydrogen) atoms. The van der Waals surface area contributed by atoms with Gasteiger partial charge in [-0.3, -0.25) is 0 Å². The standard InChI is InChI=1S/C18H21ClFN3OS/c1-23(2)16(17-14(19)5-4-6-15(17)20)11-21-18(25)22-12-7-9-13(24-3)10-8-12/h4-10,16H,11H2,1-3H3,(H2,21,22,25)/t16-/m0/s1. The molecule has 0 aliphatic rings. The highest BCUT2D eigenvalue weighted by Crippen LogP contribution is 2.28. The molecule has 0 fully saturated rings. The highest BCUT2D eigenvalue weighted by Gasteiger charge is 2.21. The van der Waals surface area contributed by atoms with Crippen molar-refractivity contribution in [3.63, 3.8) is 0 Å². The summed E-state index contributed by atoms with van der Waals surface area (Å²) in [6.45, 7) is 0.412. The molecule has 0 spiro atoms. The van der Waals surface area contributed by atoms with Gasteiger partial charge in [-0.1, -0.05) is 17.7 Å². The highest BCUT2D eigenvalue weighted by molar-refractivity contribution is 7.80. The zero-order chi connectivity index (χ0) is 18.4. The van der Waals surface area contributed by atoms with Crippen molar-refractivity contribution in [3.05, 3.63) is 58.9 Å². The van der Waals surface area contributed by atoms with E-state index in [2.05, 4.69) is 10.6 Å². The molecule has 0 saturated carbocycles. The van der Waals surface area contributed by atoms with Gasteiger partial charge in [-0.25, -0.2) is 4.39 Å². The number of rotatable bonds is 6. The third-order valence-corrected chi connectivity index (χ3v) is 4.34. The van der Waals surface area contributed by atoms with Crippen LogP contribution in [0.2, 0.25) is 5.02 Å². The average Bonchev–Trinajstić information content (AvgIpc) is 2.57. The van der Waals surface area contributed by atoms with Gasteiger partial charge in [0.05, 0.1) is 13.2 Å². The summed E-state index contributed by atoms with van der Waals surface area (Å²) in [6.07, 6.45) is 0. The van der Waals surface area contributed by atoms with E-state index in [0.717, 1.165) is 11.4 Å². The van der Waals surface area contributed by atoms with Crippen molar-refractivity contribution in [2.45, 2.75) is 6.04 Å². The van der Waals surface area contributed by atoms with Gasteiger partial charge in [-0.15, -0.1) is 0 Å². The summed E-state index contributed by atoms with van der Waals surface area (Å²) in [7, 11) is 5.36. The molecule has 0 amide bonds. The smallest absolute Gasteiger partial charge is 0.170 e. The molecular formula is C18H21ClFN3OS. The zero-order valence-corrected chi connectivity index (χ0v) is 15.9. The Labute approximate surface area is 157 Å². The minimum absolute atomic E-state index is 0.260. The van der Waals surface area contributed by atoms with Crippen LogP contribution in [0.5, 0.6) is 5.75 Å². The van der Waals surface area contributed by atoms with Crippen LogP contribution in [0, 0.1) is 5.82 Å². The summed E-state index contributed by atoms with van der Waals surface area (Å²) in [6, 6.07) is 11.8. The van der Waals surface area contributed by atoms with Crippen molar-refractivity contribution >= 4 is 34.6 Å². The maximum Gasteiger partial charge on any atom is 0.170 e. The van der Waals surface area contributed by atoms with Gasteiger partial charge in [-0.05, 0) is 62.7 Å². The molecule has 4 nitrogen and oxygen atoms in total. The first-order valence-electron chi connectivity index (χ1n) is 7.71. The highest BCUT2D eigenvalue weighted by atomic mass is 35.5. The number of hydrogen-bond donors (Lipinski definition) is 2. The lowest BCUT2D eigenvalue weighted by Gasteiger charge is -2.27. The van der Waals surface area contributed by atoms with E-state index >= 15 is 0 Å². The van der Waals surface area contributed by atoms with Crippen molar-refractivity contribution < 1.29 is 9.13 Å². The van der Waals surface area contributed by atoms with Gasteiger partial charge in [0.2, 0.25) is 0 Å². The quantitative estimate of drug-likeness (QED) is 0.737. The molecule has 0 bridgehead atoms. The van der Waals surface area contributed by atoms with Crippen LogP contribution in [0.15, 0.2) is 42.5 Å². The summed E-state index contributed by atoms with van der Waals surface area (Å²) in [5, 5.41) is 7.05. The SMILES string of the molecule is COc1ccc(NC(=S)NC[C@@H](c2c(F)cccc2Cl)N(C)C)cc1. The number of hydrogen-bond acceptors (Lipinski definition) is 3. The summed E-state index contributed by atoms with van der Waals surface area (Å²) < 4.78 is 19.3. The predicted molar refractivity (Wildman–Crippen MR) is 105 cm³/mol. The third kappa shape index (κ3) is 5.29. The summed E-state index contributed by atoms with van der Waals surface area (Å²) in [5.41, 5.74) is 1.29. The van der Waals surface area contributed by atoms with Crippen LogP contribution in [0.3, 0.4) is 0 Å². The fourth-order valence-corrected chi connectivity index (χ4v) is 2.90. The van der Waals surface area contributed by atoms with Crippen LogP contribution in [-0.2, 0) is 0 Å². The van der Waals surface area contributed by atoms with E-state index in [1.165, 1.54) is 6.07 Å². The minimum Gasteiger partial charge on any atom is -0.497 e. The summed E-state index contributed by atoms with van der Waals surface area (Å²) in [4.78, 5) is 1.90. The van der Waals surface area contributed by atoms with Crippen LogP contribution in [-0.4, -0.2) is 37.8 Å². The molecule has 7 heteroatoms. The Hall–Kier alpha value is -1.89. The van der Waals surface area contributed by atoms with Gasteiger partial charge in [0, 0.05) is 22.8 Å². The maximum atomic E-state index is 14.2. The second-order valence-electron chi connectivity index (χ2n) is 5.68. The molecule has 2 rings (SSSR count). The molecule has 2 N–H and O–H groups in total. The molecule has 0 aliphatic carbocycles. The third-order valence-electron chi connectivity index (χ3n) is 3.76. The first-order valence-corrected chi connectivity index (χ1v) is 8.50. The van der Waals surface area contributed by atoms with Crippen LogP contribution < -0.4 is 15.4 Å². The number of nitrogens with zero attached hydrogens (tertiary/aromatic N) is 1. The van der Waals surface area contributed by atoms with E-state index < -0.39 is 0 Å². The van der Waals surface area contributed by atoms with Gasteiger partial charge in [0.25, 0.3) is 0 Å². The molecule has 0 saturated heterocycles. The minimum atomic E-state index is -0.331. The largest absolute Gasteiger partial charge is 0.497 e. The average molecular weight is 382 g/mol. The van der Waals surface area contributed by atoms with Crippen LogP contribution in [0.4, 0.5) is 10.1 Å². The second kappa shape index (κ2) is 8.99. The van der Waals surface area contributed by atoms with Crippen LogP contribution >= 0.6 is 23.8 Å². The molecule has 0 unspecified atom stereocenters. The van der Waals surface area contributed by atoms with Crippen LogP contribution in [0.25, 0.3) is 0 Å². The van der Waals surface area contributed by atoms with E-state index in [-0.39, 0.29) is 11.9 Å². The van der Waals surface area contributed by atoms with Crippen molar-refractivity contribution in [1.29, 1.82) is 0 Å². The number of ether oxygens (including phenoxy) is 1. The molecule has 2 aromatic rings. The first kappa shape index (κ1) is 19.4. The van der Waals surface area contributed by atoms with Gasteiger partial charge in [-0.2, -0.15) is 0 Å². The van der Waals surface area contributed by atoms with Gasteiger partial charge < -0.3 is 20.3 Å². The Morgan fingerprint density at radius 1 is 1.24 bits per heavy atom. The fraction of sp³-hybridized carbons (Fsp3) is 0.278. The molecule has 2 aromatic carbocycles. The molecular weight excluding hydrogens is 361 g/mol. The van der Waals surface area contributed by atoms with Gasteiger partial charge in [0.15, 0.2) is 5.11 Å². The van der Waals surface area contributed by atoms with E-state index in [9.17, 15) is 4.39 Å². The summed E-state index contributed by atoms with van der Waals surface area (Å²) in [5.74, 6) is 0.438. The normalized spacial score (nSPS) is 11.9. The van der Waals surface area contributed by atoms with Gasteiger partial charge >= 0.3 is 0 Å². The Bertz CT molecular complexity index is 705. The van der Waals surface area contributed by atoms with Crippen LogP contribution in [0.1, 0.15) is 11.6 Å². The number of methoxy groups -OCH3 is 1. The Kier molecular flexibility index (Phi) is 6.99. The molecule has 1 atom stereocenters. The monoisotopic (exact) mass is 381 g/mol. The molecule has 134 valence electrons. The molecule has 0 aliphatic heterocycles. The Morgan fingerprint density at radius 3 is 2.48 bits per heavy atom. The van der Waals surface area contributed by atoms with Crippen molar-refractivity contribution in [1.82, 2.24) is 10.2 Å². The van der Waals surface area contributed by atoms with E-state index in [1.54, 1.807) is 19.2 Å². The zero-order valence-electron chi connectivity index (χ0n) is 14.3. The maximum absolute atomic E-state index is 14.2. The number of anilines is 1. The Balaban J connectivity index is 2.02. The van der Waals surface area contributed by atoms with Gasteiger partial charge in [0.1, 0.15) is 11.6 Å². The van der Waals surface area contributed by atoms with E-state index in [4.69, 9.17) is 28.6 Å². The number of thiocarbonyl (C=S) groups is 1. The fourth-order valence-electron chi connectivity index (χ4n) is 2.41. The first-order chi connectivity index (χ1) is 11.9. The lowest BCUT2D eigenvalue weighted by molar-refractivity contribution is 0.292. The lowest BCUT2D eigenvalue weighted by Crippen LogP contribution is -2.37. The van der Waals surface area contributed by atoms with E-state index in [0.29, 0.717) is 22.2 Å². The molecule has 0 radical (unpaired) electrons. The topological polar surface area (TPSA) is 36.5 Å². The Morgan fingerprint density at radius 2 is 1.92 bits per heavy atom. The number of benzene rings is 2. The van der Waals surface area contributed by atoms with E-state index in [1.807, 2.05) is 43.3 Å². The molecule has 0 heterocycles. The number of halogens is 2. The number of likely N-dealkylation sites (N-methyl/N-ethyl adjacent to an activating group) is 1. The summed E-state index contributed by atoms with van der Waals surface area (Å²) >= 11 is 11.5. The van der Waals surface area contributed by atoms with Crippen molar-refractivity contribution in [3.8, 4) is 5.75 Å². The second-order valence-corrected chi connectivity index (χ2v) is 6.49. The lowest BCUT2D eigenvalue weighted by atomic mass is 10.1.